The third kappa shape index (κ3) is 3.42. The van der Waals surface area contributed by atoms with Gasteiger partial charge in [0.15, 0.2) is 0 Å². The van der Waals surface area contributed by atoms with E-state index in [0.29, 0.717) is 5.69 Å². The van der Waals surface area contributed by atoms with Crippen molar-refractivity contribution in [2.45, 2.75) is 6.92 Å². The Balaban J connectivity index is 2.59. The summed E-state index contributed by atoms with van der Waals surface area (Å²) in [5, 5.41) is 0. The molecule has 0 aliphatic rings. The summed E-state index contributed by atoms with van der Waals surface area (Å²) in [4.78, 5) is 10.4. The lowest BCUT2D eigenvalue weighted by Gasteiger charge is -1.94. The van der Waals surface area contributed by atoms with Gasteiger partial charge in [-0.2, -0.15) is 0 Å². The molecule has 1 aromatic rings. The summed E-state index contributed by atoms with van der Waals surface area (Å²) < 4.78 is 4.63. The standard InChI is InChI=1S/C10H11NO2/c1-8(12)13-7-6-9-2-4-10(11)5-3-9/h2-7H,11H2,1H3/b7-6+. The lowest BCUT2D eigenvalue weighted by Crippen LogP contribution is -1.89. The quantitative estimate of drug-likeness (QED) is 0.425. The van der Waals surface area contributed by atoms with Gasteiger partial charge in [0.1, 0.15) is 0 Å². The Morgan fingerprint density at radius 3 is 2.54 bits per heavy atom. The second-order valence-corrected chi connectivity index (χ2v) is 2.58. The highest BCUT2D eigenvalue weighted by molar-refractivity contribution is 5.67. The van der Waals surface area contributed by atoms with Gasteiger partial charge in [-0.3, -0.25) is 4.79 Å². The number of hydrogen-bond acceptors (Lipinski definition) is 3. The summed E-state index contributed by atoms with van der Waals surface area (Å²) in [5.74, 6) is -0.327. The highest BCUT2D eigenvalue weighted by Crippen LogP contribution is 2.06. The van der Waals surface area contributed by atoms with Crippen LogP contribution in [0.15, 0.2) is 30.5 Å². The van der Waals surface area contributed by atoms with Crippen molar-refractivity contribution >= 4 is 17.7 Å². The van der Waals surface area contributed by atoms with Crippen molar-refractivity contribution in [1.29, 1.82) is 0 Å². The van der Waals surface area contributed by atoms with Crippen LogP contribution in [0.1, 0.15) is 12.5 Å². The summed E-state index contributed by atoms with van der Waals surface area (Å²) in [6, 6.07) is 7.26. The summed E-state index contributed by atoms with van der Waals surface area (Å²) in [5.41, 5.74) is 7.15. The first-order chi connectivity index (χ1) is 6.18. The molecule has 1 aromatic carbocycles. The third-order valence-electron chi connectivity index (χ3n) is 1.43. The normalized spacial score (nSPS) is 10.2. The van der Waals surface area contributed by atoms with E-state index in [1.54, 1.807) is 18.2 Å². The van der Waals surface area contributed by atoms with Crippen molar-refractivity contribution in [3.63, 3.8) is 0 Å². The van der Waals surface area contributed by atoms with Gasteiger partial charge in [-0.15, -0.1) is 0 Å². The molecular weight excluding hydrogens is 166 g/mol. The van der Waals surface area contributed by atoms with Crippen molar-refractivity contribution in [1.82, 2.24) is 0 Å². The van der Waals surface area contributed by atoms with Gasteiger partial charge < -0.3 is 10.5 Å². The van der Waals surface area contributed by atoms with E-state index < -0.39 is 0 Å². The van der Waals surface area contributed by atoms with E-state index >= 15 is 0 Å². The molecule has 13 heavy (non-hydrogen) atoms. The maximum atomic E-state index is 10.4. The number of anilines is 1. The van der Waals surface area contributed by atoms with Gasteiger partial charge >= 0.3 is 5.97 Å². The van der Waals surface area contributed by atoms with Gasteiger partial charge in [-0.25, -0.2) is 0 Å². The average Bonchev–Trinajstić information content (AvgIpc) is 2.08. The predicted molar refractivity (Wildman–Crippen MR) is 51.7 cm³/mol. The molecule has 0 bridgehead atoms. The van der Waals surface area contributed by atoms with Crippen LogP contribution >= 0.6 is 0 Å². The van der Waals surface area contributed by atoms with E-state index in [1.807, 2.05) is 12.1 Å². The smallest absolute Gasteiger partial charge is 0.307 e. The van der Waals surface area contributed by atoms with Gasteiger partial charge in [0.05, 0.1) is 6.26 Å². The fourth-order valence-corrected chi connectivity index (χ4v) is 0.816. The molecule has 0 fully saturated rings. The number of ether oxygens (including phenoxy) is 1. The lowest BCUT2D eigenvalue weighted by molar-refractivity contribution is -0.135. The Labute approximate surface area is 76.8 Å². The first-order valence-corrected chi connectivity index (χ1v) is 3.88. The van der Waals surface area contributed by atoms with E-state index in [2.05, 4.69) is 4.74 Å². The van der Waals surface area contributed by atoms with Gasteiger partial charge in [0.2, 0.25) is 0 Å². The van der Waals surface area contributed by atoms with Crippen LogP contribution in [0.2, 0.25) is 0 Å². The molecule has 0 spiro atoms. The molecule has 0 unspecified atom stereocenters. The molecule has 3 heteroatoms. The maximum absolute atomic E-state index is 10.4. The summed E-state index contributed by atoms with van der Waals surface area (Å²) >= 11 is 0. The minimum Gasteiger partial charge on any atom is -0.435 e. The molecule has 0 saturated carbocycles. The van der Waals surface area contributed by atoms with Gasteiger partial charge in [-0.05, 0) is 23.8 Å². The third-order valence-corrected chi connectivity index (χ3v) is 1.43. The largest absolute Gasteiger partial charge is 0.435 e. The number of carbonyl (C=O) groups is 1. The molecule has 3 nitrogen and oxygen atoms in total. The van der Waals surface area contributed by atoms with Gasteiger partial charge in [-0.1, -0.05) is 12.1 Å². The van der Waals surface area contributed by atoms with Crippen molar-refractivity contribution in [2.75, 3.05) is 5.73 Å². The van der Waals surface area contributed by atoms with Crippen LogP contribution in [0.3, 0.4) is 0 Å². The fourth-order valence-electron chi connectivity index (χ4n) is 0.816. The van der Waals surface area contributed by atoms with Crippen molar-refractivity contribution in [3.05, 3.63) is 36.1 Å². The Hall–Kier alpha value is -1.77. The Bertz CT molecular complexity index is 314. The topological polar surface area (TPSA) is 52.3 Å². The number of benzene rings is 1. The number of nitrogens with two attached hydrogens (primary N) is 1. The summed E-state index contributed by atoms with van der Waals surface area (Å²) in [7, 11) is 0. The molecule has 68 valence electrons. The van der Waals surface area contributed by atoms with Crippen LogP contribution in [0.25, 0.3) is 6.08 Å². The molecular formula is C10H11NO2. The molecule has 2 N–H and O–H groups in total. The molecule has 0 radical (unpaired) electrons. The number of rotatable bonds is 2. The van der Waals surface area contributed by atoms with E-state index in [1.165, 1.54) is 13.2 Å². The minimum atomic E-state index is -0.327. The van der Waals surface area contributed by atoms with Crippen LogP contribution < -0.4 is 5.73 Å². The molecule has 1 rings (SSSR count). The number of esters is 1. The van der Waals surface area contributed by atoms with E-state index in [4.69, 9.17) is 5.73 Å². The Morgan fingerprint density at radius 2 is 2.00 bits per heavy atom. The predicted octanol–water partition coefficient (Wildman–Crippen LogP) is 1.80. The number of hydrogen-bond donors (Lipinski definition) is 1. The zero-order valence-corrected chi connectivity index (χ0v) is 7.36. The average molecular weight is 177 g/mol. The van der Waals surface area contributed by atoms with Crippen LogP contribution in [0.5, 0.6) is 0 Å². The molecule has 0 atom stereocenters. The number of nitrogen functional groups attached to an aromatic ring is 1. The van der Waals surface area contributed by atoms with Crippen LogP contribution in [-0.2, 0) is 9.53 Å². The van der Waals surface area contributed by atoms with Crippen molar-refractivity contribution < 1.29 is 9.53 Å². The van der Waals surface area contributed by atoms with Crippen LogP contribution in [0, 0.1) is 0 Å². The molecule has 0 aromatic heterocycles. The minimum absolute atomic E-state index is 0.327. The fraction of sp³-hybridized carbons (Fsp3) is 0.100. The van der Waals surface area contributed by atoms with Gasteiger partial charge in [0.25, 0.3) is 0 Å². The first-order valence-electron chi connectivity index (χ1n) is 3.88. The molecule has 0 heterocycles. The van der Waals surface area contributed by atoms with E-state index in [9.17, 15) is 4.79 Å². The first kappa shape index (κ1) is 9.32. The highest BCUT2D eigenvalue weighted by Gasteiger charge is 1.88. The van der Waals surface area contributed by atoms with Crippen LogP contribution in [0.4, 0.5) is 5.69 Å². The zero-order valence-electron chi connectivity index (χ0n) is 7.36. The van der Waals surface area contributed by atoms with E-state index in [-0.39, 0.29) is 5.97 Å². The van der Waals surface area contributed by atoms with E-state index in [0.717, 1.165) is 5.56 Å². The second kappa shape index (κ2) is 4.30. The molecule has 0 amide bonds. The molecule has 0 aliphatic carbocycles. The zero-order chi connectivity index (χ0) is 9.68. The Morgan fingerprint density at radius 1 is 1.38 bits per heavy atom. The molecule has 0 aliphatic heterocycles. The van der Waals surface area contributed by atoms with Crippen molar-refractivity contribution in [3.8, 4) is 0 Å². The monoisotopic (exact) mass is 177 g/mol. The second-order valence-electron chi connectivity index (χ2n) is 2.58. The van der Waals surface area contributed by atoms with Gasteiger partial charge in [0, 0.05) is 12.6 Å². The highest BCUT2D eigenvalue weighted by atomic mass is 16.5. The summed E-state index contributed by atoms with van der Waals surface area (Å²) in [6.07, 6.45) is 3.05. The SMILES string of the molecule is CC(=O)O/C=C/c1ccc(N)cc1. The van der Waals surface area contributed by atoms with Crippen LogP contribution in [-0.4, -0.2) is 5.97 Å². The number of carbonyl (C=O) groups excluding carboxylic acids is 1. The van der Waals surface area contributed by atoms with Crippen molar-refractivity contribution in [2.24, 2.45) is 0 Å². The maximum Gasteiger partial charge on any atom is 0.307 e. The summed E-state index contributed by atoms with van der Waals surface area (Å²) in [6.45, 7) is 1.35. The molecule has 0 saturated heterocycles. The lowest BCUT2D eigenvalue weighted by atomic mass is 10.2. The Kier molecular flexibility index (Phi) is 3.09.